The molecule has 4 heteroatoms. The van der Waals surface area contributed by atoms with Crippen LogP contribution in [0.25, 0.3) is 0 Å². The van der Waals surface area contributed by atoms with Gasteiger partial charge in [-0.25, -0.2) is 4.79 Å². The minimum absolute atomic E-state index is 0.327. The summed E-state index contributed by atoms with van der Waals surface area (Å²) in [5.74, 6) is -0.448. The van der Waals surface area contributed by atoms with Crippen LogP contribution in [0.5, 0.6) is 0 Å². The Balaban J connectivity index is 3.16. The van der Waals surface area contributed by atoms with Crippen LogP contribution >= 0.6 is 24.2 Å². The molecule has 0 atom stereocenters. The molecule has 0 aliphatic carbocycles. The first-order valence-corrected chi connectivity index (χ1v) is 4.05. The minimum Gasteiger partial charge on any atom is -0.465 e. The van der Waals surface area contributed by atoms with Crippen molar-refractivity contribution in [2.75, 3.05) is 7.11 Å². The Morgan fingerprint density at radius 3 is 2.83 bits per heavy atom. The summed E-state index contributed by atoms with van der Waals surface area (Å²) < 4.78 is 4.51. The van der Waals surface area contributed by atoms with Crippen molar-refractivity contribution in [1.82, 2.24) is 0 Å². The molecular formula is C8H7ClO2S. The lowest BCUT2D eigenvalue weighted by atomic mass is 10.2. The number of halogens is 1. The van der Waals surface area contributed by atoms with E-state index in [0.29, 0.717) is 15.5 Å². The maximum atomic E-state index is 11.0. The zero-order valence-corrected chi connectivity index (χ0v) is 8.02. The number of thiol groups is 1. The Morgan fingerprint density at radius 2 is 2.25 bits per heavy atom. The average Bonchev–Trinajstić information content (AvgIpc) is 2.08. The van der Waals surface area contributed by atoms with Crippen molar-refractivity contribution in [2.45, 2.75) is 4.90 Å². The van der Waals surface area contributed by atoms with Crippen LogP contribution in [0.2, 0.25) is 5.02 Å². The number of hydrogen-bond acceptors (Lipinski definition) is 3. The smallest absolute Gasteiger partial charge is 0.339 e. The summed E-state index contributed by atoms with van der Waals surface area (Å²) >= 11 is 9.85. The molecule has 0 unspecified atom stereocenters. The highest BCUT2D eigenvalue weighted by Crippen LogP contribution is 2.24. The normalized spacial score (nSPS) is 9.58. The van der Waals surface area contributed by atoms with Crippen LogP contribution < -0.4 is 0 Å². The second-order valence-corrected chi connectivity index (χ2v) is 2.99. The maximum Gasteiger partial charge on any atom is 0.339 e. The van der Waals surface area contributed by atoms with Gasteiger partial charge in [-0.3, -0.25) is 0 Å². The van der Waals surface area contributed by atoms with Crippen molar-refractivity contribution >= 4 is 30.2 Å². The largest absolute Gasteiger partial charge is 0.465 e. The first-order chi connectivity index (χ1) is 5.66. The summed E-state index contributed by atoms with van der Waals surface area (Å²) in [6, 6.07) is 4.99. The fourth-order valence-electron chi connectivity index (χ4n) is 0.787. The number of carbonyl (C=O) groups is 1. The molecule has 0 aliphatic heterocycles. The number of ether oxygens (including phenoxy) is 1. The topological polar surface area (TPSA) is 26.3 Å². The van der Waals surface area contributed by atoms with Crippen molar-refractivity contribution in [3.05, 3.63) is 28.8 Å². The van der Waals surface area contributed by atoms with Gasteiger partial charge in [0.25, 0.3) is 0 Å². The highest BCUT2D eigenvalue weighted by molar-refractivity contribution is 7.80. The number of hydrogen-bond donors (Lipinski definition) is 1. The molecule has 64 valence electrons. The summed E-state index contributed by atoms with van der Waals surface area (Å²) in [6.07, 6.45) is 0. The van der Waals surface area contributed by atoms with Crippen LogP contribution in [0, 0.1) is 0 Å². The van der Waals surface area contributed by atoms with Gasteiger partial charge in [0.15, 0.2) is 0 Å². The Labute approximate surface area is 80.9 Å². The molecule has 1 aromatic carbocycles. The zero-order valence-electron chi connectivity index (χ0n) is 6.37. The monoisotopic (exact) mass is 202 g/mol. The van der Waals surface area contributed by atoms with Crippen LogP contribution in [-0.4, -0.2) is 13.1 Å². The number of methoxy groups -OCH3 is 1. The highest BCUT2D eigenvalue weighted by Gasteiger charge is 2.11. The van der Waals surface area contributed by atoms with Crippen LogP contribution in [0.1, 0.15) is 10.4 Å². The lowest BCUT2D eigenvalue weighted by Crippen LogP contribution is -2.01. The predicted octanol–water partition coefficient (Wildman–Crippen LogP) is 2.42. The summed E-state index contributed by atoms with van der Waals surface area (Å²) in [6.45, 7) is 0. The van der Waals surface area contributed by atoms with Crippen LogP contribution in [-0.2, 0) is 4.74 Å². The van der Waals surface area contributed by atoms with E-state index >= 15 is 0 Å². The molecule has 0 N–H and O–H groups in total. The molecule has 0 heterocycles. The van der Waals surface area contributed by atoms with Crippen molar-refractivity contribution < 1.29 is 9.53 Å². The maximum absolute atomic E-state index is 11.0. The van der Waals surface area contributed by atoms with Crippen LogP contribution in [0.15, 0.2) is 23.1 Å². The number of benzene rings is 1. The van der Waals surface area contributed by atoms with E-state index in [-0.39, 0.29) is 0 Å². The van der Waals surface area contributed by atoms with E-state index in [2.05, 4.69) is 17.4 Å². The highest BCUT2D eigenvalue weighted by atomic mass is 35.5. The van der Waals surface area contributed by atoms with Gasteiger partial charge in [-0.2, -0.15) is 0 Å². The average molecular weight is 203 g/mol. The molecule has 0 fully saturated rings. The molecule has 12 heavy (non-hydrogen) atoms. The van der Waals surface area contributed by atoms with E-state index < -0.39 is 5.97 Å². The third-order valence-electron chi connectivity index (χ3n) is 1.38. The molecule has 0 aliphatic rings. The molecule has 1 rings (SSSR count). The fraction of sp³-hybridized carbons (Fsp3) is 0.125. The van der Waals surface area contributed by atoms with Gasteiger partial charge in [0.05, 0.1) is 17.7 Å². The molecule has 0 amide bonds. The van der Waals surface area contributed by atoms with E-state index in [1.54, 1.807) is 18.2 Å². The molecular weight excluding hydrogens is 196 g/mol. The Morgan fingerprint density at radius 1 is 1.58 bits per heavy atom. The lowest BCUT2D eigenvalue weighted by molar-refractivity contribution is 0.0600. The van der Waals surface area contributed by atoms with Crippen molar-refractivity contribution in [1.29, 1.82) is 0 Å². The third-order valence-corrected chi connectivity index (χ3v) is 2.30. The zero-order chi connectivity index (χ0) is 9.14. The Bertz CT molecular complexity index is 312. The third kappa shape index (κ3) is 1.73. The van der Waals surface area contributed by atoms with Gasteiger partial charge >= 0.3 is 5.97 Å². The summed E-state index contributed by atoms with van der Waals surface area (Å²) in [7, 11) is 1.31. The Kier molecular flexibility index (Phi) is 3.00. The number of rotatable bonds is 1. The van der Waals surface area contributed by atoms with E-state index in [0.717, 1.165) is 0 Å². The van der Waals surface area contributed by atoms with Gasteiger partial charge in [0.1, 0.15) is 0 Å². The van der Waals surface area contributed by atoms with E-state index in [4.69, 9.17) is 11.6 Å². The first kappa shape index (κ1) is 9.42. The van der Waals surface area contributed by atoms with E-state index in [1.165, 1.54) is 7.11 Å². The first-order valence-electron chi connectivity index (χ1n) is 3.22. The van der Waals surface area contributed by atoms with Gasteiger partial charge in [-0.05, 0) is 12.1 Å². The molecule has 0 radical (unpaired) electrons. The molecule has 0 saturated carbocycles. The Hall–Kier alpha value is -0.670. The molecule has 0 spiro atoms. The second-order valence-electron chi connectivity index (χ2n) is 2.13. The standard InChI is InChI=1S/C8H7ClO2S/c1-11-8(10)5-3-2-4-6(12)7(5)9/h2-4,12H,1H3. The van der Waals surface area contributed by atoms with Gasteiger partial charge in [-0.1, -0.05) is 17.7 Å². The quantitative estimate of drug-likeness (QED) is 0.559. The van der Waals surface area contributed by atoms with E-state index in [9.17, 15) is 4.79 Å². The van der Waals surface area contributed by atoms with Crippen LogP contribution in [0.4, 0.5) is 0 Å². The fourth-order valence-corrected chi connectivity index (χ4v) is 1.20. The molecule has 2 nitrogen and oxygen atoms in total. The summed E-state index contributed by atoms with van der Waals surface area (Å²) in [5, 5.41) is 0.327. The minimum atomic E-state index is -0.448. The summed E-state index contributed by atoms with van der Waals surface area (Å²) in [4.78, 5) is 11.6. The molecule has 1 aromatic rings. The number of esters is 1. The number of carbonyl (C=O) groups excluding carboxylic acids is 1. The summed E-state index contributed by atoms with van der Waals surface area (Å²) in [5.41, 5.74) is 0.340. The van der Waals surface area contributed by atoms with Crippen molar-refractivity contribution in [3.63, 3.8) is 0 Å². The van der Waals surface area contributed by atoms with Gasteiger partial charge < -0.3 is 4.74 Å². The van der Waals surface area contributed by atoms with Gasteiger partial charge in [-0.15, -0.1) is 12.6 Å². The molecule has 0 aromatic heterocycles. The van der Waals surface area contributed by atoms with Gasteiger partial charge in [0, 0.05) is 4.90 Å². The molecule has 0 bridgehead atoms. The van der Waals surface area contributed by atoms with Crippen molar-refractivity contribution in [3.8, 4) is 0 Å². The SMILES string of the molecule is COC(=O)c1cccc(S)c1Cl. The van der Waals surface area contributed by atoms with Crippen LogP contribution in [0.3, 0.4) is 0 Å². The van der Waals surface area contributed by atoms with Crippen molar-refractivity contribution in [2.24, 2.45) is 0 Å². The van der Waals surface area contributed by atoms with Gasteiger partial charge in [0.2, 0.25) is 0 Å². The second kappa shape index (κ2) is 3.83. The lowest BCUT2D eigenvalue weighted by Gasteiger charge is -2.02. The van der Waals surface area contributed by atoms with E-state index in [1.807, 2.05) is 0 Å². The molecule has 0 saturated heterocycles. The predicted molar refractivity (Wildman–Crippen MR) is 50.0 cm³/mol.